The van der Waals surface area contributed by atoms with Gasteiger partial charge in [-0.05, 0) is 62.2 Å². The highest BCUT2D eigenvalue weighted by atomic mass is 35.5. The molecule has 1 amide bonds. The molecule has 0 spiro atoms. The van der Waals surface area contributed by atoms with E-state index in [1.165, 1.54) is 6.07 Å². The highest BCUT2D eigenvalue weighted by Gasteiger charge is 2.26. The second kappa shape index (κ2) is 9.41. The van der Waals surface area contributed by atoms with Crippen molar-refractivity contribution in [3.05, 3.63) is 52.5 Å². The minimum Gasteiger partial charge on any atom is -0.494 e. The van der Waals surface area contributed by atoms with Crippen molar-refractivity contribution in [2.24, 2.45) is 0 Å². The van der Waals surface area contributed by atoms with Gasteiger partial charge >= 0.3 is 0 Å². The fourth-order valence-corrected chi connectivity index (χ4v) is 4.37. The minimum absolute atomic E-state index is 0.127. The van der Waals surface area contributed by atoms with E-state index in [4.69, 9.17) is 16.3 Å². The van der Waals surface area contributed by atoms with Crippen LogP contribution in [0.2, 0.25) is 5.02 Å². The van der Waals surface area contributed by atoms with Crippen LogP contribution in [0.15, 0.2) is 41.3 Å². The van der Waals surface area contributed by atoms with Gasteiger partial charge in [0.1, 0.15) is 5.75 Å². The molecular formula is C20H25ClN2O4S. The van der Waals surface area contributed by atoms with Crippen molar-refractivity contribution in [1.29, 1.82) is 0 Å². The lowest BCUT2D eigenvalue weighted by atomic mass is 10.2. The van der Waals surface area contributed by atoms with Gasteiger partial charge in [-0.3, -0.25) is 4.79 Å². The van der Waals surface area contributed by atoms with Crippen molar-refractivity contribution in [3.63, 3.8) is 0 Å². The lowest BCUT2D eigenvalue weighted by Gasteiger charge is -2.21. The predicted octanol–water partition coefficient (Wildman–Crippen LogP) is 4.00. The third kappa shape index (κ3) is 5.04. The molecule has 0 unspecified atom stereocenters. The van der Waals surface area contributed by atoms with E-state index in [2.05, 4.69) is 5.32 Å². The number of rotatable bonds is 8. The summed E-state index contributed by atoms with van der Waals surface area (Å²) in [7, 11) is -3.82. The highest BCUT2D eigenvalue weighted by molar-refractivity contribution is 7.89. The van der Waals surface area contributed by atoms with Crippen molar-refractivity contribution < 1.29 is 17.9 Å². The summed E-state index contributed by atoms with van der Waals surface area (Å²) in [5.41, 5.74) is 2.01. The first-order chi connectivity index (χ1) is 13.2. The summed E-state index contributed by atoms with van der Waals surface area (Å²) in [6.07, 6.45) is 0. The molecule has 0 fully saturated rings. The molecule has 8 heteroatoms. The number of amides is 1. The van der Waals surface area contributed by atoms with Gasteiger partial charge in [-0.25, -0.2) is 8.42 Å². The summed E-state index contributed by atoms with van der Waals surface area (Å²) in [6.45, 7) is 7.49. The zero-order chi connectivity index (χ0) is 20.9. The van der Waals surface area contributed by atoms with Crippen LogP contribution in [0.25, 0.3) is 0 Å². The van der Waals surface area contributed by atoms with Gasteiger partial charge in [0, 0.05) is 17.3 Å². The molecule has 0 atom stereocenters. The van der Waals surface area contributed by atoms with Gasteiger partial charge in [0.05, 0.1) is 18.0 Å². The first-order valence-electron chi connectivity index (χ1n) is 8.99. The molecule has 0 aromatic heterocycles. The van der Waals surface area contributed by atoms with Gasteiger partial charge in [-0.15, -0.1) is 0 Å². The molecule has 2 rings (SSSR count). The van der Waals surface area contributed by atoms with E-state index in [9.17, 15) is 13.2 Å². The molecule has 2 aromatic rings. The number of sulfonamides is 1. The van der Waals surface area contributed by atoms with Gasteiger partial charge in [-0.2, -0.15) is 4.31 Å². The Labute approximate surface area is 171 Å². The standard InChI is InChI=1S/C20H25ClN2O4S/c1-5-23(13-20(24)22-18-9-7-8-17(21)15(18)4)28(25,26)16-10-11-19(27-6-2)14(3)12-16/h7-12H,5-6,13H2,1-4H3,(H,22,24). The van der Waals surface area contributed by atoms with Gasteiger partial charge in [0.25, 0.3) is 0 Å². The maximum Gasteiger partial charge on any atom is 0.243 e. The van der Waals surface area contributed by atoms with E-state index in [0.29, 0.717) is 23.1 Å². The topological polar surface area (TPSA) is 75.7 Å². The Hall–Kier alpha value is -2.09. The molecule has 0 radical (unpaired) electrons. The number of benzene rings is 2. The summed E-state index contributed by atoms with van der Waals surface area (Å²) < 4.78 is 32.6. The van der Waals surface area contributed by atoms with Crippen LogP contribution < -0.4 is 10.1 Å². The van der Waals surface area contributed by atoms with Crippen LogP contribution in [0, 0.1) is 13.8 Å². The molecule has 1 N–H and O–H groups in total. The number of halogens is 1. The smallest absolute Gasteiger partial charge is 0.243 e. The molecule has 0 aliphatic carbocycles. The number of nitrogens with zero attached hydrogens (tertiary/aromatic N) is 1. The van der Waals surface area contributed by atoms with Gasteiger partial charge < -0.3 is 10.1 Å². The van der Waals surface area contributed by atoms with E-state index in [1.54, 1.807) is 51.1 Å². The Kier molecular flexibility index (Phi) is 7.46. The maximum absolute atomic E-state index is 13.0. The molecule has 0 aliphatic heterocycles. The number of carbonyl (C=O) groups is 1. The third-order valence-electron chi connectivity index (χ3n) is 4.30. The summed E-state index contributed by atoms with van der Waals surface area (Å²) in [6, 6.07) is 9.86. The first kappa shape index (κ1) is 22.2. The number of anilines is 1. The summed E-state index contributed by atoms with van der Waals surface area (Å²) in [5, 5.41) is 3.26. The van der Waals surface area contributed by atoms with E-state index in [1.807, 2.05) is 6.92 Å². The second-order valence-electron chi connectivity index (χ2n) is 6.25. The van der Waals surface area contributed by atoms with Crippen LogP contribution in [0.5, 0.6) is 5.75 Å². The van der Waals surface area contributed by atoms with E-state index < -0.39 is 15.9 Å². The van der Waals surface area contributed by atoms with E-state index in [0.717, 1.165) is 15.4 Å². The predicted molar refractivity (Wildman–Crippen MR) is 112 cm³/mol. The number of nitrogens with one attached hydrogen (secondary N) is 1. The number of hydrogen-bond donors (Lipinski definition) is 1. The maximum atomic E-state index is 13.0. The first-order valence-corrected chi connectivity index (χ1v) is 10.8. The molecule has 0 saturated carbocycles. The minimum atomic E-state index is -3.82. The van der Waals surface area contributed by atoms with Crippen LogP contribution in [-0.2, 0) is 14.8 Å². The lowest BCUT2D eigenvalue weighted by Crippen LogP contribution is -2.38. The zero-order valence-electron chi connectivity index (χ0n) is 16.5. The molecule has 0 heterocycles. The number of likely N-dealkylation sites (N-methyl/N-ethyl adjacent to an activating group) is 1. The third-order valence-corrected chi connectivity index (χ3v) is 6.62. The van der Waals surface area contributed by atoms with E-state index >= 15 is 0 Å². The van der Waals surface area contributed by atoms with Crippen LogP contribution in [-0.4, -0.2) is 38.3 Å². The van der Waals surface area contributed by atoms with Crippen molar-refractivity contribution in [2.75, 3.05) is 25.0 Å². The average molecular weight is 425 g/mol. The van der Waals surface area contributed by atoms with Gasteiger partial charge in [0.15, 0.2) is 0 Å². The lowest BCUT2D eigenvalue weighted by molar-refractivity contribution is -0.116. The van der Waals surface area contributed by atoms with Gasteiger partial charge in [0.2, 0.25) is 15.9 Å². The molecule has 0 saturated heterocycles. The van der Waals surface area contributed by atoms with Crippen molar-refractivity contribution in [3.8, 4) is 5.75 Å². The second-order valence-corrected chi connectivity index (χ2v) is 8.60. The SMILES string of the molecule is CCOc1ccc(S(=O)(=O)N(CC)CC(=O)Nc2cccc(Cl)c2C)cc1C. The summed E-state index contributed by atoms with van der Waals surface area (Å²) in [5.74, 6) is 0.206. The Balaban J connectivity index is 2.20. The Morgan fingerprint density at radius 1 is 1.18 bits per heavy atom. The molecule has 28 heavy (non-hydrogen) atoms. The van der Waals surface area contributed by atoms with E-state index in [-0.39, 0.29) is 18.0 Å². The van der Waals surface area contributed by atoms with Crippen LogP contribution in [0.1, 0.15) is 25.0 Å². The molecule has 2 aromatic carbocycles. The molecule has 0 aliphatic rings. The molecule has 152 valence electrons. The molecular weight excluding hydrogens is 400 g/mol. The quantitative estimate of drug-likeness (QED) is 0.694. The van der Waals surface area contributed by atoms with Crippen LogP contribution in [0.3, 0.4) is 0 Å². The number of aryl methyl sites for hydroxylation is 1. The fraction of sp³-hybridized carbons (Fsp3) is 0.350. The summed E-state index contributed by atoms with van der Waals surface area (Å²) >= 11 is 6.07. The number of ether oxygens (including phenoxy) is 1. The van der Waals surface area contributed by atoms with Crippen molar-refractivity contribution in [1.82, 2.24) is 4.31 Å². The average Bonchev–Trinajstić information content (AvgIpc) is 2.65. The Morgan fingerprint density at radius 3 is 2.50 bits per heavy atom. The molecule has 0 bridgehead atoms. The normalized spacial score (nSPS) is 11.5. The Bertz CT molecular complexity index is 961. The highest BCUT2D eigenvalue weighted by Crippen LogP contribution is 2.25. The van der Waals surface area contributed by atoms with Crippen LogP contribution >= 0.6 is 11.6 Å². The van der Waals surface area contributed by atoms with Crippen molar-refractivity contribution in [2.45, 2.75) is 32.6 Å². The number of hydrogen-bond acceptors (Lipinski definition) is 4. The van der Waals surface area contributed by atoms with Crippen LogP contribution in [0.4, 0.5) is 5.69 Å². The molecule has 6 nitrogen and oxygen atoms in total. The largest absolute Gasteiger partial charge is 0.494 e. The zero-order valence-corrected chi connectivity index (χ0v) is 18.0. The monoisotopic (exact) mass is 424 g/mol. The number of carbonyl (C=O) groups excluding carboxylic acids is 1. The summed E-state index contributed by atoms with van der Waals surface area (Å²) in [4.78, 5) is 12.6. The fourth-order valence-electron chi connectivity index (χ4n) is 2.71. The van der Waals surface area contributed by atoms with Crippen molar-refractivity contribution >= 4 is 33.2 Å². The van der Waals surface area contributed by atoms with Gasteiger partial charge in [-0.1, -0.05) is 24.6 Å². The Morgan fingerprint density at radius 2 is 1.89 bits per heavy atom.